The summed E-state index contributed by atoms with van der Waals surface area (Å²) >= 11 is 0. The van der Waals surface area contributed by atoms with Crippen molar-refractivity contribution in [3.05, 3.63) is 27.8 Å². The van der Waals surface area contributed by atoms with Crippen LogP contribution in [-0.2, 0) is 19.6 Å². The van der Waals surface area contributed by atoms with Crippen LogP contribution in [0, 0.1) is 40.5 Å². The van der Waals surface area contributed by atoms with Gasteiger partial charge in [-0.25, -0.2) is 8.42 Å². The van der Waals surface area contributed by atoms with Crippen LogP contribution in [0.1, 0.15) is 47.6 Å². The predicted octanol–water partition coefficient (Wildman–Crippen LogP) is 2.32. The molecule has 2 fully saturated rings. The van der Waals surface area contributed by atoms with Crippen LogP contribution in [0.4, 0.5) is 0 Å². The molecule has 2 saturated heterocycles. The first-order chi connectivity index (χ1) is 14.5. The lowest BCUT2D eigenvalue weighted by atomic mass is 9.95. The molecule has 0 unspecified atom stereocenters. The summed E-state index contributed by atoms with van der Waals surface area (Å²) in [5.41, 5.74) is 4.81. The average Bonchev–Trinajstić information content (AvgIpc) is 2.76. The van der Waals surface area contributed by atoms with Gasteiger partial charge in [0.15, 0.2) is 0 Å². The molecule has 2 amide bonds. The van der Waals surface area contributed by atoms with E-state index < -0.39 is 10.0 Å². The van der Waals surface area contributed by atoms with Gasteiger partial charge in [-0.15, -0.1) is 0 Å². The lowest BCUT2D eigenvalue weighted by molar-refractivity contribution is -0.141. The van der Waals surface area contributed by atoms with Crippen LogP contribution in [0.15, 0.2) is 4.90 Å². The summed E-state index contributed by atoms with van der Waals surface area (Å²) in [6.45, 7) is 14.0. The van der Waals surface area contributed by atoms with Crippen molar-refractivity contribution in [1.82, 2.24) is 14.1 Å². The van der Waals surface area contributed by atoms with Gasteiger partial charge in [0.2, 0.25) is 21.8 Å². The smallest absolute Gasteiger partial charge is 0.243 e. The number of hydrogen-bond acceptors (Lipinski definition) is 4. The van der Waals surface area contributed by atoms with Crippen molar-refractivity contribution >= 4 is 21.8 Å². The van der Waals surface area contributed by atoms with Crippen molar-refractivity contribution in [3.8, 4) is 0 Å². The summed E-state index contributed by atoms with van der Waals surface area (Å²) in [5, 5.41) is 0. The minimum absolute atomic E-state index is 0.0527. The number of sulfonamides is 1. The van der Waals surface area contributed by atoms with E-state index in [1.807, 2.05) is 34.6 Å². The summed E-state index contributed by atoms with van der Waals surface area (Å²) in [5.74, 6) is 0.0668. The molecule has 0 atom stereocenters. The van der Waals surface area contributed by atoms with Gasteiger partial charge in [-0.05, 0) is 75.3 Å². The number of benzene rings is 1. The molecule has 0 spiro atoms. The number of nitrogens with zero attached hydrogens (tertiary/aromatic N) is 3. The van der Waals surface area contributed by atoms with E-state index in [2.05, 4.69) is 0 Å². The molecule has 0 N–H and O–H groups in total. The third-order valence-electron chi connectivity index (χ3n) is 7.37. The molecular formula is C23H35N3O4S. The molecule has 0 aromatic heterocycles. The molecule has 0 saturated carbocycles. The highest BCUT2D eigenvalue weighted by atomic mass is 32.2. The molecule has 1 aromatic carbocycles. The molecule has 3 rings (SSSR count). The summed E-state index contributed by atoms with van der Waals surface area (Å²) in [7, 11) is -3.62. The second kappa shape index (κ2) is 8.90. The summed E-state index contributed by atoms with van der Waals surface area (Å²) < 4.78 is 28.5. The van der Waals surface area contributed by atoms with Crippen LogP contribution in [0.25, 0.3) is 0 Å². The summed E-state index contributed by atoms with van der Waals surface area (Å²) in [6.07, 6.45) is 1.36. The standard InChI is InChI=1S/C23H35N3O4S/c1-15-16(2)18(4)22(19(5)17(15)3)31(29,30)26-13-11-25(12-14-26)23(28)21-7-9-24(10-8-21)20(6)27/h21H,7-14H2,1-6H3. The summed E-state index contributed by atoms with van der Waals surface area (Å²) in [4.78, 5) is 28.4. The fourth-order valence-corrected chi connectivity index (χ4v) is 6.81. The second-order valence-corrected chi connectivity index (χ2v) is 10.8. The highest BCUT2D eigenvalue weighted by Gasteiger charge is 2.35. The molecule has 31 heavy (non-hydrogen) atoms. The Morgan fingerprint density at radius 3 is 1.61 bits per heavy atom. The Morgan fingerprint density at radius 1 is 0.710 bits per heavy atom. The molecule has 0 aliphatic carbocycles. The Balaban J connectivity index is 1.70. The second-order valence-electron chi connectivity index (χ2n) is 8.96. The third-order valence-corrected chi connectivity index (χ3v) is 9.54. The van der Waals surface area contributed by atoms with E-state index in [1.54, 1.807) is 16.7 Å². The minimum Gasteiger partial charge on any atom is -0.343 e. The average molecular weight is 450 g/mol. The maximum atomic E-state index is 13.5. The zero-order valence-electron chi connectivity index (χ0n) is 19.6. The lowest BCUT2D eigenvalue weighted by Crippen LogP contribution is -2.53. The van der Waals surface area contributed by atoms with Crippen molar-refractivity contribution in [2.75, 3.05) is 39.3 Å². The Kier molecular flexibility index (Phi) is 6.81. The fraction of sp³-hybridized carbons (Fsp3) is 0.652. The molecule has 8 heteroatoms. The van der Waals surface area contributed by atoms with Crippen LogP contribution in [0.5, 0.6) is 0 Å². The number of hydrogen-bond donors (Lipinski definition) is 0. The van der Waals surface area contributed by atoms with Gasteiger partial charge in [0.1, 0.15) is 0 Å². The normalized spacial score (nSPS) is 19.0. The topological polar surface area (TPSA) is 78.0 Å². The van der Waals surface area contributed by atoms with E-state index in [9.17, 15) is 18.0 Å². The van der Waals surface area contributed by atoms with Crippen LogP contribution in [0.3, 0.4) is 0 Å². The predicted molar refractivity (Wildman–Crippen MR) is 120 cm³/mol. The first-order valence-corrected chi connectivity index (χ1v) is 12.5. The monoisotopic (exact) mass is 449 g/mol. The van der Waals surface area contributed by atoms with Crippen LogP contribution in [-0.4, -0.2) is 73.6 Å². The van der Waals surface area contributed by atoms with Gasteiger partial charge < -0.3 is 9.80 Å². The molecule has 1 aromatic rings. The van der Waals surface area contributed by atoms with E-state index in [0.717, 1.165) is 27.8 Å². The van der Waals surface area contributed by atoms with E-state index >= 15 is 0 Å². The lowest BCUT2D eigenvalue weighted by Gasteiger charge is -2.38. The minimum atomic E-state index is -3.62. The first-order valence-electron chi connectivity index (χ1n) is 11.1. The molecule has 2 aliphatic rings. The van der Waals surface area contributed by atoms with E-state index in [1.165, 1.54) is 4.31 Å². The van der Waals surface area contributed by atoms with Gasteiger partial charge in [-0.2, -0.15) is 4.31 Å². The SMILES string of the molecule is CC(=O)N1CCC(C(=O)N2CCN(S(=O)(=O)c3c(C)c(C)c(C)c(C)c3C)CC2)CC1. The fourth-order valence-electron chi connectivity index (χ4n) is 4.83. The summed E-state index contributed by atoms with van der Waals surface area (Å²) in [6, 6.07) is 0. The number of carbonyl (C=O) groups excluding carboxylic acids is 2. The Bertz CT molecular complexity index is 958. The number of amides is 2. The number of piperidine rings is 1. The van der Waals surface area contributed by atoms with Gasteiger partial charge in [-0.3, -0.25) is 9.59 Å². The number of rotatable bonds is 3. The molecule has 2 heterocycles. The van der Waals surface area contributed by atoms with E-state index in [4.69, 9.17) is 0 Å². The Hall–Kier alpha value is -1.93. The molecule has 7 nitrogen and oxygen atoms in total. The van der Waals surface area contributed by atoms with Gasteiger partial charge in [0.25, 0.3) is 0 Å². The van der Waals surface area contributed by atoms with Crippen LogP contribution < -0.4 is 0 Å². The molecular weight excluding hydrogens is 414 g/mol. The highest BCUT2D eigenvalue weighted by molar-refractivity contribution is 7.89. The molecule has 0 radical (unpaired) electrons. The largest absolute Gasteiger partial charge is 0.343 e. The van der Waals surface area contributed by atoms with Crippen LogP contribution in [0.2, 0.25) is 0 Å². The van der Waals surface area contributed by atoms with Crippen molar-refractivity contribution < 1.29 is 18.0 Å². The quantitative estimate of drug-likeness (QED) is 0.710. The zero-order chi connectivity index (χ0) is 23.1. The van der Waals surface area contributed by atoms with Gasteiger partial charge in [0.05, 0.1) is 4.90 Å². The van der Waals surface area contributed by atoms with E-state index in [0.29, 0.717) is 57.0 Å². The third kappa shape index (κ3) is 4.37. The Labute approximate surface area is 186 Å². The van der Waals surface area contributed by atoms with Crippen molar-refractivity contribution in [1.29, 1.82) is 0 Å². The maximum absolute atomic E-state index is 13.5. The maximum Gasteiger partial charge on any atom is 0.243 e. The molecule has 172 valence electrons. The Morgan fingerprint density at radius 2 is 1.16 bits per heavy atom. The van der Waals surface area contributed by atoms with Crippen molar-refractivity contribution in [2.24, 2.45) is 5.92 Å². The van der Waals surface area contributed by atoms with Crippen LogP contribution >= 0.6 is 0 Å². The van der Waals surface area contributed by atoms with Crippen molar-refractivity contribution in [3.63, 3.8) is 0 Å². The van der Waals surface area contributed by atoms with Gasteiger partial charge >= 0.3 is 0 Å². The van der Waals surface area contributed by atoms with Gasteiger partial charge in [0, 0.05) is 52.1 Å². The number of likely N-dealkylation sites (tertiary alicyclic amines) is 1. The van der Waals surface area contributed by atoms with Crippen molar-refractivity contribution in [2.45, 2.75) is 59.3 Å². The molecule has 2 aliphatic heterocycles. The highest BCUT2D eigenvalue weighted by Crippen LogP contribution is 2.32. The number of piperazine rings is 1. The zero-order valence-corrected chi connectivity index (χ0v) is 20.4. The first kappa shape index (κ1) is 23.7. The number of carbonyl (C=O) groups is 2. The van der Waals surface area contributed by atoms with E-state index in [-0.39, 0.29) is 17.7 Å². The molecule has 0 bridgehead atoms. The van der Waals surface area contributed by atoms with Gasteiger partial charge in [-0.1, -0.05) is 0 Å².